The van der Waals surface area contributed by atoms with E-state index in [2.05, 4.69) is 5.32 Å². The lowest BCUT2D eigenvalue weighted by atomic mass is 10.1. The number of amides is 1. The highest BCUT2D eigenvalue weighted by molar-refractivity contribution is 5.78. The summed E-state index contributed by atoms with van der Waals surface area (Å²) in [5.41, 5.74) is 0. The van der Waals surface area contributed by atoms with Crippen LogP contribution in [0, 0.1) is 5.92 Å². The first-order valence-electron chi connectivity index (χ1n) is 4.97. The first-order valence-corrected chi connectivity index (χ1v) is 4.97. The Bertz CT molecular complexity index is 179. The number of carbonyl (C=O) groups excluding carboxylic acids is 1. The van der Waals surface area contributed by atoms with Gasteiger partial charge in [-0.05, 0) is 21.0 Å². The van der Waals surface area contributed by atoms with E-state index in [0.717, 1.165) is 0 Å². The minimum Gasteiger partial charge on any atom is -0.391 e. The van der Waals surface area contributed by atoms with E-state index in [1.54, 1.807) is 6.92 Å². The largest absolute Gasteiger partial charge is 0.391 e. The van der Waals surface area contributed by atoms with Crippen LogP contribution >= 0.6 is 0 Å². The van der Waals surface area contributed by atoms with Crippen molar-refractivity contribution in [2.24, 2.45) is 5.92 Å². The second kappa shape index (κ2) is 5.98. The summed E-state index contributed by atoms with van der Waals surface area (Å²) in [5.74, 6) is -0.0591. The molecule has 2 atom stereocenters. The number of nitrogens with one attached hydrogen (secondary N) is 1. The summed E-state index contributed by atoms with van der Waals surface area (Å²) in [6.07, 6.45) is -0.528. The Labute approximate surface area is 86.3 Å². The van der Waals surface area contributed by atoms with E-state index in [0.29, 0.717) is 6.54 Å². The smallest absolute Gasteiger partial charge is 0.222 e. The van der Waals surface area contributed by atoms with Crippen LogP contribution in [0.1, 0.15) is 20.8 Å². The van der Waals surface area contributed by atoms with E-state index in [-0.39, 0.29) is 17.9 Å². The van der Waals surface area contributed by atoms with Crippen molar-refractivity contribution in [3.05, 3.63) is 0 Å². The predicted octanol–water partition coefficient (Wildman–Crippen LogP) is 0.0696. The molecule has 0 heterocycles. The molecule has 14 heavy (non-hydrogen) atoms. The van der Waals surface area contributed by atoms with E-state index in [1.165, 1.54) is 0 Å². The SMILES string of the molecule is CC(C)C(=O)NC(CN(C)C)C(C)O. The van der Waals surface area contributed by atoms with Gasteiger partial charge in [0.1, 0.15) is 0 Å². The van der Waals surface area contributed by atoms with E-state index >= 15 is 0 Å². The number of rotatable bonds is 5. The van der Waals surface area contributed by atoms with Crippen LogP contribution in [0.25, 0.3) is 0 Å². The van der Waals surface area contributed by atoms with Crippen LogP contribution in [-0.2, 0) is 4.79 Å². The number of aliphatic hydroxyl groups is 1. The Morgan fingerprint density at radius 3 is 2.14 bits per heavy atom. The molecule has 0 aromatic heterocycles. The molecule has 1 amide bonds. The molecule has 0 aliphatic heterocycles. The highest BCUT2D eigenvalue weighted by Crippen LogP contribution is 1.98. The lowest BCUT2D eigenvalue weighted by Crippen LogP contribution is -2.49. The third-order valence-corrected chi connectivity index (χ3v) is 2.00. The van der Waals surface area contributed by atoms with Gasteiger partial charge in [-0.2, -0.15) is 0 Å². The minimum atomic E-state index is -0.528. The summed E-state index contributed by atoms with van der Waals surface area (Å²) in [7, 11) is 3.83. The van der Waals surface area contributed by atoms with Crippen LogP contribution in [0.5, 0.6) is 0 Å². The molecule has 0 aromatic carbocycles. The molecule has 4 heteroatoms. The zero-order valence-corrected chi connectivity index (χ0v) is 9.74. The molecular formula is C10H22N2O2. The van der Waals surface area contributed by atoms with Crippen LogP contribution in [0.4, 0.5) is 0 Å². The van der Waals surface area contributed by atoms with Gasteiger partial charge in [-0.3, -0.25) is 4.79 Å². The molecule has 0 saturated carbocycles. The number of nitrogens with zero attached hydrogens (tertiary/aromatic N) is 1. The number of likely N-dealkylation sites (N-methyl/N-ethyl adjacent to an activating group) is 1. The summed E-state index contributed by atoms with van der Waals surface area (Å²) in [6, 6.07) is -0.195. The summed E-state index contributed by atoms with van der Waals surface area (Å²) < 4.78 is 0. The van der Waals surface area contributed by atoms with Gasteiger partial charge in [0.25, 0.3) is 0 Å². The topological polar surface area (TPSA) is 52.6 Å². The van der Waals surface area contributed by atoms with E-state index < -0.39 is 6.10 Å². The van der Waals surface area contributed by atoms with Gasteiger partial charge in [-0.15, -0.1) is 0 Å². The fourth-order valence-corrected chi connectivity index (χ4v) is 1.06. The van der Waals surface area contributed by atoms with Crippen LogP contribution in [-0.4, -0.2) is 48.7 Å². The van der Waals surface area contributed by atoms with Gasteiger partial charge >= 0.3 is 0 Å². The van der Waals surface area contributed by atoms with Gasteiger partial charge in [-0.1, -0.05) is 13.8 Å². The standard InChI is InChI=1S/C10H22N2O2/c1-7(2)10(14)11-9(8(3)13)6-12(4)5/h7-9,13H,6H2,1-5H3,(H,11,14). The minimum absolute atomic E-state index is 0.0160. The normalized spacial score (nSPS) is 15.7. The molecule has 0 rings (SSSR count). The molecule has 0 radical (unpaired) electrons. The van der Waals surface area contributed by atoms with Crippen molar-refractivity contribution < 1.29 is 9.90 Å². The van der Waals surface area contributed by atoms with Crippen molar-refractivity contribution in [3.8, 4) is 0 Å². The van der Waals surface area contributed by atoms with E-state index in [4.69, 9.17) is 0 Å². The Morgan fingerprint density at radius 2 is 1.86 bits per heavy atom. The van der Waals surface area contributed by atoms with Gasteiger partial charge in [0.05, 0.1) is 12.1 Å². The number of hydrogen-bond acceptors (Lipinski definition) is 3. The quantitative estimate of drug-likeness (QED) is 0.663. The van der Waals surface area contributed by atoms with E-state index in [1.807, 2.05) is 32.8 Å². The van der Waals surface area contributed by atoms with Gasteiger partial charge in [0, 0.05) is 12.5 Å². The third kappa shape index (κ3) is 5.19. The Balaban J connectivity index is 4.16. The van der Waals surface area contributed by atoms with Gasteiger partial charge in [0.2, 0.25) is 5.91 Å². The van der Waals surface area contributed by atoms with Crippen molar-refractivity contribution in [1.29, 1.82) is 0 Å². The Hall–Kier alpha value is -0.610. The average molecular weight is 202 g/mol. The maximum atomic E-state index is 11.4. The molecular weight excluding hydrogens is 180 g/mol. The van der Waals surface area contributed by atoms with Crippen molar-refractivity contribution in [1.82, 2.24) is 10.2 Å². The zero-order valence-electron chi connectivity index (χ0n) is 9.74. The second-order valence-corrected chi connectivity index (χ2v) is 4.27. The summed E-state index contributed by atoms with van der Waals surface area (Å²) >= 11 is 0. The molecule has 0 aromatic rings. The van der Waals surface area contributed by atoms with Crippen molar-refractivity contribution >= 4 is 5.91 Å². The first-order chi connectivity index (χ1) is 6.34. The van der Waals surface area contributed by atoms with E-state index in [9.17, 15) is 9.90 Å². The molecule has 84 valence electrons. The lowest BCUT2D eigenvalue weighted by Gasteiger charge is -2.25. The van der Waals surface area contributed by atoms with Crippen molar-refractivity contribution in [2.45, 2.75) is 32.9 Å². The number of carbonyl (C=O) groups is 1. The van der Waals surface area contributed by atoms with Gasteiger partial charge < -0.3 is 15.3 Å². The fourth-order valence-electron chi connectivity index (χ4n) is 1.06. The Morgan fingerprint density at radius 1 is 1.36 bits per heavy atom. The molecule has 0 bridgehead atoms. The summed E-state index contributed by atoms with van der Waals surface area (Å²) in [5, 5.41) is 12.3. The fraction of sp³-hybridized carbons (Fsp3) is 0.900. The second-order valence-electron chi connectivity index (χ2n) is 4.27. The summed E-state index contributed by atoms with van der Waals surface area (Å²) in [6.45, 7) is 6.01. The Kier molecular flexibility index (Phi) is 5.72. The van der Waals surface area contributed by atoms with Crippen LogP contribution in [0.15, 0.2) is 0 Å². The number of aliphatic hydroxyl groups excluding tert-OH is 1. The van der Waals surface area contributed by atoms with Crippen LogP contribution < -0.4 is 5.32 Å². The monoisotopic (exact) mass is 202 g/mol. The third-order valence-electron chi connectivity index (χ3n) is 2.00. The van der Waals surface area contributed by atoms with Gasteiger partial charge in [-0.25, -0.2) is 0 Å². The van der Waals surface area contributed by atoms with Crippen molar-refractivity contribution in [3.63, 3.8) is 0 Å². The molecule has 0 saturated heterocycles. The lowest BCUT2D eigenvalue weighted by molar-refractivity contribution is -0.125. The molecule has 0 spiro atoms. The van der Waals surface area contributed by atoms with Crippen LogP contribution in [0.3, 0.4) is 0 Å². The van der Waals surface area contributed by atoms with Crippen LogP contribution in [0.2, 0.25) is 0 Å². The molecule has 0 fully saturated rings. The average Bonchev–Trinajstić information content (AvgIpc) is 2.01. The predicted molar refractivity (Wildman–Crippen MR) is 57.0 cm³/mol. The number of hydrogen-bond donors (Lipinski definition) is 2. The first kappa shape index (κ1) is 13.4. The van der Waals surface area contributed by atoms with Crippen molar-refractivity contribution in [2.75, 3.05) is 20.6 Å². The summed E-state index contributed by atoms with van der Waals surface area (Å²) in [4.78, 5) is 13.3. The zero-order chi connectivity index (χ0) is 11.3. The molecule has 4 nitrogen and oxygen atoms in total. The molecule has 0 aliphatic carbocycles. The molecule has 0 aliphatic rings. The van der Waals surface area contributed by atoms with Gasteiger partial charge in [0.15, 0.2) is 0 Å². The highest BCUT2D eigenvalue weighted by Gasteiger charge is 2.19. The highest BCUT2D eigenvalue weighted by atomic mass is 16.3. The molecule has 2 unspecified atom stereocenters. The molecule has 2 N–H and O–H groups in total. The maximum absolute atomic E-state index is 11.4. The maximum Gasteiger partial charge on any atom is 0.222 e.